The Morgan fingerprint density at radius 3 is 2.58 bits per heavy atom. The zero-order chi connectivity index (χ0) is 26.5. The summed E-state index contributed by atoms with van der Waals surface area (Å²) in [5.74, 6) is 1.38. The van der Waals surface area contributed by atoms with E-state index in [0.717, 1.165) is 38.6 Å². The monoisotopic (exact) mass is 536 g/mol. The van der Waals surface area contributed by atoms with Crippen molar-refractivity contribution in [2.24, 2.45) is 5.14 Å². The number of fused-ring (bicyclic) bond motifs is 1. The lowest BCUT2D eigenvalue weighted by Crippen LogP contribution is -2.38. The van der Waals surface area contributed by atoms with Crippen LogP contribution in [0, 0.1) is 0 Å². The molecule has 0 atom stereocenters. The maximum Gasteiger partial charge on any atom is 0.259 e. The lowest BCUT2D eigenvalue weighted by Gasteiger charge is -2.26. The van der Waals surface area contributed by atoms with Gasteiger partial charge < -0.3 is 25.1 Å². The number of rotatable bonds is 9. The van der Waals surface area contributed by atoms with Crippen LogP contribution in [0.4, 0.5) is 23.0 Å². The molecule has 0 radical (unpaired) electrons. The van der Waals surface area contributed by atoms with E-state index in [2.05, 4.69) is 25.5 Å². The molecule has 3 heterocycles. The summed E-state index contributed by atoms with van der Waals surface area (Å²) in [5, 5.41) is 12.6. The van der Waals surface area contributed by atoms with E-state index in [-0.39, 0.29) is 16.1 Å². The van der Waals surface area contributed by atoms with E-state index in [9.17, 15) is 13.2 Å². The van der Waals surface area contributed by atoms with Crippen molar-refractivity contribution < 1.29 is 17.9 Å². The summed E-state index contributed by atoms with van der Waals surface area (Å²) in [6, 6.07) is 17.1. The molecule has 0 spiro atoms. The highest BCUT2D eigenvalue weighted by Gasteiger charge is 2.16. The Morgan fingerprint density at radius 2 is 1.82 bits per heavy atom. The van der Waals surface area contributed by atoms with Crippen LogP contribution in [0.15, 0.2) is 76.6 Å². The van der Waals surface area contributed by atoms with Gasteiger partial charge in [-0.15, -0.1) is 0 Å². The Kier molecular flexibility index (Phi) is 7.56. The van der Waals surface area contributed by atoms with Gasteiger partial charge in [-0.2, -0.15) is 0 Å². The van der Waals surface area contributed by atoms with E-state index in [1.165, 1.54) is 6.07 Å². The molecule has 0 saturated carbocycles. The topological polar surface area (TPSA) is 152 Å². The van der Waals surface area contributed by atoms with Crippen LogP contribution in [0.25, 0.3) is 10.8 Å². The van der Waals surface area contributed by atoms with E-state index in [0.29, 0.717) is 34.7 Å². The van der Waals surface area contributed by atoms with Crippen molar-refractivity contribution in [2.45, 2.75) is 4.90 Å². The van der Waals surface area contributed by atoms with E-state index in [4.69, 9.17) is 14.6 Å². The number of para-hydroxylation sites is 1. The number of hydrogen-bond donors (Lipinski definition) is 4. The summed E-state index contributed by atoms with van der Waals surface area (Å²) in [7, 11) is -3.96. The summed E-state index contributed by atoms with van der Waals surface area (Å²) in [4.78, 5) is 22.2. The SMILES string of the molecule is NS(=O)(=O)c1ccccc1Nc1cc2cc[nH]c(=O)c2c(Nc2ccc(OCCN3CCOCC3)cc2)n1. The van der Waals surface area contributed by atoms with Gasteiger partial charge >= 0.3 is 0 Å². The van der Waals surface area contributed by atoms with Crippen molar-refractivity contribution in [3.63, 3.8) is 0 Å². The van der Waals surface area contributed by atoms with E-state index in [1.54, 1.807) is 36.5 Å². The second kappa shape index (κ2) is 11.2. The van der Waals surface area contributed by atoms with Crippen molar-refractivity contribution in [1.29, 1.82) is 0 Å². The van der Waals surface area contributed by atoms with Gasteiger partial charge in [-0.1, -0.05) is 12.1 Å². The molecule has 12 heteroatoms. The average Bonchev–Trinajstić information content (AvgIpc) is 2.90. The number of ether oxygens (including phenoxy) is 2. The first-order valence-corrected chi connectivity index (χ1v) is 13.6. The fourth-order valence-electron chi connectivity index (χ4n) is 4.21. The van der Waals surface area contributed by atoms with Crippen molar-refractivity contribution in [2.75, 3.05) is 50.1 Å². The maximum atomic E-state index is 12.7. The van der Waals surface area contributed by atoms with Gasteiger partial charge in [0.25, 0.3) is 5.56 Å². The fourth-order valence-corrected chi connectivity index (χ4v) is 4.91. The molecule has 1 fully saturated rings. The Bertz CT molecular complexity index is 1580. The Morgan fingerprint density at radius 1 is 1.05 bits per heavy atom. The van der Waals surface area contributed by atoms with Crippen molar-refractivity contribution in [1.82, 2.24) is 14.9 Å². The number of nitrogens with zero attached hydrogens (tertiary/aromatic N) is 2. The zero-order valence-corrected chi connectivity index (χ0v) is 21.3. The first-order valence-electron chi connectivity index (χ1n) is 12.1. The van der Waals surface area contributed by atoms with Crippen LogP contribution in [-0.2, 0) is 14.8 Å². The molecule has 2 aromatic heterocycles. The van der Waals surface area contributed by atoms with E-state index >= 15 is 0 Å². The normalized spacial score (nSPS) is 14.3. The molecule has 1 aliphatic heterocycles. The van der Waals surface area contributed by atoms with Gasteiger partial charge in [-0.25, -0.2) is 18.5 Å². The molecule has 1 aliphatic rings. The second-order valence-corrected chi connectivity index (χ2v) is 10.3. The Balaban J connectivity index is 1.36. The van der Waals surface area contributed by atoms with Gasteiger partial charge in [0, 0.05) is 31.5 Å². The van der Waals surface area contributed by atoms with Gasteiger partial charge in [0.2, 0.25) is 10.0 Å². The Hall–Kier alpha value is -3.97. The molecule has 4 aromatic rings. The third kappa shape index (κ3) is 6.11. The van der Waals surface area contributed by atoms with E-state index in [1.807, 2.05) is 24.3 Å². The number of nitrogens with two attached hydrogens (primary N) is 1. The quantitative estimate of drug-likeness (QED) is 0.253. The van der Waals surface area contributed by atoms with Crippen LogP contribution in [0.3, 0.4) is 0 Å². The molecule has 0 amide bonds. The number of morpholine rings is 1. The van der Waals surface area contributed by atoms with Gasteiger partial charge in [0.15, 0.2) is 0 Å². The summed E-state index contributed by atoms with van der Waals surface area (Å²) in [6.45, 7) is 4.72. The first-order chi connectivity index (χ1) is 18.4. The smallest absolute Gasteiger partial charge is 0.259 e. The summed E-state index contributed by atoms with van der Waals surface area (Å²) in [5.41, 5.74) is 0.665. The molecule has 1 saturated heterocycles. The van der Waals surface area contributed by atoms with Gasteiger partial charge in [0.1, 0.15) is 28.9 Å². The van der Waals surface area contributed by atoms with Crippen LogP contribution in [-0.4, -0.2) is 62.7 Å². The molecule has 38 heavy (non-hydrogen) atoms. The molecule has 0 unspecified atom stereocenters. The molecular weight excluding hydrogens is 508 g/mol. The highest BCUT2D eigenvalue weighted by molar-refractivity contribution is 7.89. The molecule has 198 valence electrons. The standard InChI is InChI=1S/C26H28N6O5S/c27-38(34,35)22-4-2-1-3-21(22)30-23-17-18-9-10-28-26(33)24(18)25(31-23)29-19-5-7-20(8-6-19)37-16-13-32-11-14-36-15-12-32/h1-10,17H,11-16H2,(H,28,33)(H2,27,34,35)(H2,29,30,31). The third-order valence-corrected chi connectivity index (χ3v) is 7.08. The number of nitrogens with one attached hydrogen (secondary N) is 3. The number of aromatic nitrogens is 2. The van der Waals surface area contributed by atoms with Crippen molar-refractivity contribution in [3.8, 4) is 5.75 Å². The zero-order valence-electron chi connectivity index (χ0n) is 20.5. The van der Waals surface area contributed by atoms with Crippen molar-refractivity contribution >= 4 is 43.8 Å². The number of hydrogen-bond acceptors (Lipinski definition) is 9. The lowest BCUT2D eigenvalue weighted by atomic mass is 10.2. The minimum absolute atomic E-state index is 0.0634. The summed E-state index contributed by atoms with van der Waals surface area (Å²) in [6.07, 6.45) is 1.54. The fraction of sp³-hybridized carbons (Fsp3) is 0.231. The number of H-pyrrole nitrogens is 1. The predicted molar refractivity (Wildman–Crippen MR) is 146 cm³/mol. The highest BCUT2D eigenvalue weighted by atomic mass is 32.2. The van der Waals surface area contributed by atoms with Crippen LogP contribution < -0.4 is 26.1 Å². The predicted octanol–water partition coefficient (Wildman–Crippen LogP) is 2.77. The minimum Gasteiger partial charge on any atom is -0.492 e. The second-order valence-electron chi connectivity index (χ2n) is 8.75. The Labute approximate surface area is 219 Å². The molecule has 5 rings (SSSR count). The van der Waals surface area contributed by atoms with Gasteiger partial charge in [-0.05, 0) is 53.9 Å². The number of sulfonamides is 1. The minimum atomic E-state index is -3.96. The largest absolute Gasteiger partial charge is 0.492 e. The van der Waals surface area contributed by atoms with Gasteiger partial charge in [0.05, 0.1) is 24.3 Å². The molecule has 0 aliphatic carbocycles. The molecule has 2 aromatic carbocycles. The average molecular weight is 537 g/mol. The van der Waals surface area contributed by atoms with Crippen LogP contribution in [0.1, 0.15) is 0 Å². The number of pyridine rings is 2. The molecule has 0 bridgehead atoms. The summed E-state index contributed by atoms with van der Waals surface area (Å²) >= 11 is 0. The molecular formula is C26H28N6O5S. The van der Waals surface area contributed by atoms with Crippen molar-refractivity contribution in [3.05, 3.63) is 77.2 Å². The third-order valence-electron chi connectivity index (χ3n) is 6.11. The first kappa shape index (κ1) is 25.7. The number of aromatic amines is 1. The highest BCUT2D eigenvalue weighted by Crippen LogP contribution is 2.29. The van der Waals surface area contributed by atoms with E-state index < -0.39 is 10.0 Å². The molecule has 5 N–H and O–H groups in total. The van der Waals surface area contributed by atoms with Gasteiger partial charge in [-0.3, -0.25) is 9.69 Å². The molecule has 11 nitrogen and oxygen atoms in total. The van der Waals surface area contributed by atoms with Crippen LogP contribution in [0.5, 0.6) is 5.75 Å². The number of benzene rings is 2. The summed E-state index contributed by atoms with van der Waals surface area (Å²) < 4.78 is 35.3. The maximum absolute atomic E-state index is 12.7. The van der Waals surface area contributed by atoms with Crippen LogP contribution in [0.2, 0.25) is 0 Å². The number of primary sulfonamides is 1. The lowest BCUT2D eigenvalue weighted by molar-refractivity contribution is 0.0322. The number of anilines is 4. The van der Waals surface area contributed by atoms with Crippen LogP contribution >= 0.6 is 0 Å².